The molecule has 0 atom stereocenters. The normalized spacial score (nSPS) is 11.3. The number of fused-ring (bicyclic) bond motifs is 1. The maximum atomic E-state index is 10.8. The molecule has 2 heterocycles. The zero-order valence-electron chi connectivity index (χ0n) is 16.5. The smallest absolute Gasteiger partial charge is 0.137 e. The first kappa shape index (κ1) is 19.5. The van der Waals surface area contributed by atoms with Crippen molar-refractivity contribution in [1.82, 2.24) is 9.38 Å². The minimum Gasteiger partial charge on any atom is -0.490 e. The van der Waals surface area contributed by atoms with E-state index >= 15 is 0 Å². The Morgan fingerprint density at radius 2 is 1.90 bits per heavy atom. The van der Waals surface area contributed by atoms with Gasteiger partial charge in [-0.3, -0.25) is 0 Å². The molecule has 2 aromatic carbocycles. The molecule has 0 radical (unpaired) electrons. The van der Waals surface area contributed by atoms with Crippen molar-refractivity contribution >= 4 is 23.5 Å². The molecular weight excluding hydrogens is 378 g/mol. The Balaban J connectivity index is 1.55. The minimum atomic E-state index is -0.105. The van der Waals surface area contributed by atoms with Crippen LogP contribution in [0.5, 0.6) is 5.75 Å². The summed E-state index contributed by atoms with van der Waals surface area (Å²) in [6.07, 6.45) is 7.96. The summed E-state index contributed by atoms with van der Waals surface area (Å²) >= 11 is 0. The van der Waals surface area contributed by atoms with Crippen molar-refractivity contribution in [3.05, 3.63) is 88.6 Å². The highest BCUT2D eigenvalue weighted by molar-refractivity contribution is 5.75. The van der Waals surface area contributed by atoms with Crippen LogP contribution in [-0.2, 0) is 0 Å². The number of aromatic nitrogens is 2. The van der Waals surface area contributed by atoms with Crippen LogP contribution in [0.4, 0.5) is 5.69 Å². The van der Waals surface area contributed by atoms with E-state index in [1.165, 1.54) is 5.56 Å². The molecule has 0 amide bonds. The molecule has 30 heavy (non-hydrogen) atoms. The summed E-state index contributed by atoms with van der Waals surface area (Å²) in [7, 11) is 0. The number of nitrogens with zero attached hydrogens (tertiary/aromatic N) is 3. The average molecular weight is 399 g/mol. The molecule has 0 bridgehead atoms. The van der Waals surface area contributed by atoms with Gasteiger partial charge in [0.05, 0.1) is 12.3 Å². The lowest BCUT2D eigenvalue weighted by atomic mass is 10.1. The minimum absolute atomic E-state index is 0.105. The number of hydrogen-bond acceptors (Lipinski definition) is 5. The summed E-state index contributed by atoms with van der Waals surface area (Å²) in [4.78, 5) is 15.4. The van der Waals surface area contributed by atoms with Crippen molar-refractivity contribution in [3.63, 3.8) is 0 Å². The second-order valence-corrected chi connectivity index (χ2v) is 6.94. The van der Waals surface area contributed by atoms with E-state index in [0.29, 0.717) is 5.75 Å². The molecule has 6 nitrogen and oxygen atoms in total. The fourth-order valence-electron chi connectivity index (χ4n) is 3.19. The maximum Gasteiger partial charge on any atom is 0.137 e. The van der Waals surface area contributed by atoms with Gasteiger partial charge in [0.25, 0.3) is 0 Å². The molecule has 4 rings (SSSR count). The molecule has 1 N–H and O–H groups in total. The van der Waals surface area contributed by atoms with Crippen LogP contribution >= 0.6 is 0 Å². The molecule has 0 saturated heterocycles. The van der Waals surface area contributed by atoms with Gasteiger partial charge >= 0.3 is 0 Å². The second kappa shape index (κ2) is 8.71. The molecule has 0 aliphatic heterocycles. The Morgan fingerprint density at radius 1 is 1.07 bits per heavy atom. The summed E-state index contributed by atoms with van der Waals surface area (Å²) in [5.41, 5.74) is 6.18. The average Bonchev–Trinajstić information content (AvgIpc) is 3.20. The Kier molecular flexibility index (Phi) is 5.68. The lowest BCUT2D eigenvalue weighted by Crippen LogP contribution is -2.02. The lowest BCUT2D eigenvalue weighted by Gasteiger charge is -2.08. The van der Waals surface area contributed by atoms with Gasteiger partial charge in [0.15, 0.2) is 0 Å². The standard InChI is InChI=1S/C24H21N3O3/c1-17-2-11-24-25-22(16-27(24)15-17)19-6-3-18(4-7-19)5-8-20-9-10-21(26-29)14-23(20)30-13-12-28/h2-11,14-16,28H,12-13H2,1H3/b8-5+. The van der Waals surface area contributed by atoms with E-state index in [1.807, 2.05) is 53.1 Å². The maximum absolute atomic E-state index is 10.8. The van der Waals surface area contributed by atoms with Gasteiger partial charge in [-0.15, -0.1) is 4.91 Å². The van der Waals surface area contributed by atoms with Crippen molar-refractivity contribution in [2.45, 2.75) is 6.92 Å². The van der Waals surface area contributed by atoms with Crippen molar-refractivity contribution in [3.8, 4) is 17.0 Å². The highest BCUT2D eigenvalue weighted by Crippen LogP contribution is 2.27. The predicted octanol–water partition coefficient (Wildman–Crippen LogP) is 5.25. The third-order valence-electron chi connectivity index (χ3n) is 4.71. The number of aryl methyl sites for hydroxylation is 1. The molecule has 0 saturated carbocycles. The number of aliphatic hydroxyl groups is 1. The number of aliphatic hydroxyl groups excluding tert-OH is 1. The summed E-state index contributed by atoms with van der Waals surface area (Å²) in [5.74, 6) is 0.508. The van der Waals surface area contributed by atoms with Gasteiger partial charge in [0.2, 0.25) is 0 Å². The molecular formula is C24H21N3O3. The zero-order chi connectivity index (χ0) is 20.9. The number of benzene rings is 2. The number of pyridine rings is 1. The zero-order valence-corrected chi connectivity index (χ0v) is 16.5. The molecule has 0 unspecified atom stereocenters. The van der Waals surface area contributed by atoms with Crippen molar-refractivity contribution in [1.29, 1.82) is 0 Å². The van der Waals surface area contributed by atoms with Crippen LogP contribution in [0.15, 0.2) is 72.2 Å². The Bertz CT molecular complexity index is 1210. The van der Waals surface area contributed by atoms with Crippen molar-refractivity contribution in [2.24, 2.45) is 5.18 Å². The van der Waals surface area contributed by atoms with Gasteiger partial charge in [-0.05, 0) is 41.4 Å². The van der Waals surface area contributed by atoms with Gasteiger partial charge < -0.3 is 14.2 Å². The fraction of sp³-hybridized carbons (Fsp3) is 0.125. The van der Waals surface area contributed by atoms with E-state index in [1.54, 1.807) is 18.2 Å². The molecule has 6 heteroatoms. The van der Waals surface area contributed by atoms with Crippen LogP contribution in [0.3, 0.4) is 0 Å². The largest absolute Gasteiger partial charge is 0.490 e. The van der Waals surface area contributed by atoms with E-state index in [9.17, 15) is 4.91 Å². The second-order valence-electron chi connectivity index (χ2n) is 6.94. The van der Waals surface area contributed by atoms with Crippen LogP contribution in [0, 0.1) is 11.8 Å². The molecule has 0 fully saturated rings. The number of imidazole rings is 1. The van der Waals surface area contributed by atoms with E-state index in [4.69, 9.17) is 9.84 Å². The number of rotatable bonds is 7. The van der Waals surface area contributed by atoms with Crippen LogP contribution < -0.4 is 4.74 Å². The van der Waals surface area contributed by atoms with Crippen LogP contribution in [0.25, 0.3) is 29.1 Å². The van der Waals surface area contributed by atoms with E-state index < -0.39 is 0 Å². The van der Waals surface area contributed by atoms with Gasteiger partial charge in [-0.25, -0.2) is 4.98 Å². The molecule has 0 spiro atoms. The fourth-order valence-corrected chi connectivity index (χ4v) is 3.19. The van der Waals surface area contributed by atoms with Crippen LogP contribution in [0.2, 0.25) is 0 Å². The highest BCUT2D eigenvalue weighted by Gasteiger charge is 2.06. The topological polar surface area (TPSA) is 76.2 Å². The Labute approximate surface area is 174 Å². The van der Waals surface area contributed by atoms with E-state index in [-0.39, 0.29) is 18.9 Å². The predicted molar refractivity (Wildman–Crippen MR) is 119 cm³/mol. The molecule has 0 aliphatic rings. The summed E-state index contributed by atoms with van der Waals surface area (Å²) in [6, 6.07) is 17.2. The summed E-state index contributed by atoms with van der Waals surface area (Å²) in [5, 5.41) is 11.9. The first-order valence-corrected chi connectivity index (χ1v) is 9.61. The summed E-state index contributed by atoms with van der Waals surface area (Å²) in [6.45, 7) is 2.10. The first-order chi connectivity index (χ1) is 14.7. The van der Waals surface area contributed by atoms with Crippen LogP contribution in [-0.4, -0.2) is 27.7 Å². The van der Waals surface area contributed by atoms with Gasteiger partial charge in [-0.1, -0.05) is 42.5 Å². The quantitative estimate of drug-likeness (QED) is 0.340. The van der Waals surface area contributed by atoms with E-state index in [2.05, 4.69) is 29.3 Å². The number of nitroso groups, excluding NO2 is 1. The summed E-state index contributed by atoms with van der Waals surface area (Å²) < 4.78 is 7.55. The molecule has 4 aromatic rings. The van der Waals surface area contributed by atoms with Crippen molar-refractivity contribution < 1.29 is 9.84 Å². The first-order valence-electron chi connectivity index (χ1n) is 9.61. The van der Waals surface area contributed by atoms with Gasteiger partial charge in [-0.2, -0.15) is 0 Å². The SMILES string of the molecule is Cc1ccc2nc(-c3ccc(/C=C/c4ccc(N=O)cc4OCCO)cc3)cn2c1. The molecule has 0 aliphatic carbocycles. The van der Waals surface area contributed by atoms with E-state index in [0.717, 1.165) is 28.0 Å². The molecule has 150 valence electrons. The lowest BCUT2D eigenvalue weighted by molar-refractivity contribution is 0.201. The monoisotopic (exact) mass is 399 g/mol. The highest BCUT2D eigenvalue weighted by atomic mass is 16.5. The van der Waals surface area contributed by atoms with Crippen molar-refractivity contribution in [2.75, 3.05) is 13.2 Å². The number of hydrogen-bond donors (Lipinski definition) is 1. The Morgan fingerprint density at radius 3 is 2.67 bits per heavy atom. The third-order valence-corrected chi connectivity index (χ3v) is 4.71. The number of ether oxygens (including phenoxy) is 1. The van der Waals surface area contributed by atoms with Gasteiger partial charge in [0, 0.05) is 29.6 Å². The van der Waals surface area contributed by atoms with Gasteiger partial charge in [0.1, 0.15) is 23.7 Å². The Hall–Kier alpha value is -3.77. The third kappa shape index (κ3) is 4.29. The van der Waals surface area contributed by atoms with Crippen LogP contribution in [0.1, 0.15) is 16.7 Å². The molecule has 2 aromatic heterocycles.